The Morgan fingerprint density at radius 2 is 2.06 bits per heavy atom. The minimum Gasteiger partial charge on any atom is -0.493 e. The number of methoxy groups -OCH3 is 1. The van der Waals surface area contributed by atoms with E-state index in [0.717, 1.165) is 25.8 Å². The number of ether oxygens (including phenoxy) is 4. The van der Waals surface area contributed by atoms with Crippen LogP contribution in [0.3, 0.4) is 0 Å². The molecule has 35 heavy (non-hydrogen) atoms. The largest absolute Gasteiger partial charge is 0.493 e. The molecule has 2 atom stereocenters. The Morgan fingerprint density at radius 1 is 1.20 bits per heavy atom. The van der Waals surface area contributed by atoms with Crippen molar-refractivity contribution in [3.8, 4) is 11.5 Å². The van der Waals surface area contributed by atoms with Crippen LogP contribution >= 0.6 is 24.0 Å². The second-order valence-electron chi connectivity index (χ2n) is 8.08. The smallest absolute Gasteiger partial charge is 0.168 e. The SMILES string of the molecule is COc1cc2c(Nc3ccc(F)c(Cl)c3F)ncnc2cc1OC[C@@H]1CN2CCOC[C@H]2CO1.Cl. The lowest BCUT2D eigenvalue weighted by atomic mass is 10.1. The van der Waals surface area contributed by atoms with Crippen LogP contribution in [0.2, 0.25) is 5.02 Å². The fourth-order valence-corrected chi connectivity index (χ4v) is 4.28. The van der Waals surface area contributed by atoms with Crippen molar-refractivity contribution in [2.75, 3.05) is 51.9 Å². The lowest BCUT2D eigenvalue weighted by molar-refractivity contribution is -0.124. The van der Waals surface area contributed by atoms with Crippen LogP contribution in [0.5, 0.6) is 11.5 Å². The molecule has 2 aliphatic heterocycles. The van der Waals surface area contributed by atoms with Crippen molar-refractivity contribution in [1.82, 2.24) is 14.9 Å². The van der Waals surface area contributed by atoms with E-state index in [2.05, 4.69) is 20.2 Å². The molecule has 0 aliphatic carbocycles. The van der Waals surface area contributed by atoms with E-state index in [1.807, 2.05) is 0 Å². The summed E-state index contributed by atoms with van der Waals surface area (Å²) in [6, 6.07) is 6.06. The quantitative estimate of drug-likeness (QED) is 0.476. The highest BCUT2D eigenvalue weighted by atomic mass is 35.5. The Hall–Kier alpha value is -2.50. The number of fused-ring (bicyclic) bond motifs is 2. The maximum atomic E-state index is 14.4. The molecule has 0 amide bonds. The predicted molar refractivity (Wildman–Crippen MR) is 129 cm³/mol. The third kappa shape index (κ3) is 5.36. The summed E-state index contributed by atoms with van der Waals surface area (Å²) in [6.07, 6.45) is 1.26. The van der Waals surface area contributed by atoms with E-state index in [4.69, 9.17) is 30.5 Å². The zero-order valence-corrected chi connectivity index (χ0v) is 20.4. The molecule has 1 N–H and O–H groups in total. The molecule has 0 unspecified atom stereocenters. The third-order valence-corrected chi connectivity index (χ3v) is 6.29. The van der Waals surface area contributed by atoms with E-state index >= 15 is 0 Å². The van der Waals surface area contributed by atoms with Crippen molar-refractivity contribution in [1.29, 1.82) is 0 Å². The summed E-state index contributed by atoms with van der Waals surface area (Å²) in [5.41, 5.74) is 0.543. The van der Waals surface area contributed by atoms with E-state index in [0.29, 0.717) is 54.1 Å². The monoisotopic (exact) mass is 528 g/mol. The van der Waals surface area contributed by atoms with Gasteiger partial charge in [-0.25, -0.2) is 18.7 Å². The standard InChI is InChI=1S/C23H23ClF2N4O4.ClH/c1-31-19-6-15-18(27-12-28-23(15)29-17-3-2-16(25)21(24)22(17)26)7-20(19)34-11-14-8-30-4-5-32-9-13(30)10-33-14;/h2-3,6-7,12-14H,4-5,8-11H2,1H3,(H,27,28,29);1H/t13-,14-;/m0./s1. The van der Waals surface area contributed by atoms with Crippen LogP contribution in [0.15, 0.2) is 30.6 Å². The van der Waals surface area contributed by atoms with Gasteiger partial charge in [0.2, 0.25) is 0 Å². The highest BCUT2D eigenvalue weighted by Gasteiger charge is 2.31. The number of rotatable bonds is 6. The summed E-state index contributed by atoms with van der Waals surface area (Å²) >= 11 is 5.69. The van der Waals surface area contributed by atoms with E-state index in [9.17, 15) is 8.78 Å². The van der Waals surface area contributed by atoms with Crippen LogP contribution in [-0.4, -0.2) is 73.6 Å². The van der Waals surface area contributed by atoms with Crippen LogP contribution < -0.4 is 14.8 Å². The molecule has 5 rings (SSSR count). The van der Waals surface area contributed by atoms with Crippen molar-refractivity contribution in [3.63, 3.8) is 0 Å². The zero-order chi connectivity index (χ0) is 23.7. The minimum absolute atomic E-state index is 0. The number of halogens is 4. The van der Waals surface area contributed by atoms with E-state index in [1.54, 1.807) is 12.1 Å². The van der Waals surface area contributed by atoms with Gasteiger partial charge in [0.1, 0.15) is 35.7 Å². The maximum absolute atomic E-state index is 14.4. The molecule has 188 valence electrons. The van der Waals surface area contributed by atoms with Crippen LogP contribution in [0.4, 0.5) is 20.3 Å². The van der Waals surface area contributed by atoms with Gasteiger partial charge in [-0.3, -0.25) is 4.90 Å². The highest BCUT2D eigenvalue weighted by molar-refractivity contribution is 6.31. The third-order valence-electron chi connectivity index (χ3n) is 5.95. The second kappa shape index (κ2) is 11.0. The van der Waals surface area contributed by atoms with Gasteiger partial charge in [-0.15, -0.1) is 12.4 Å². The molecule has 0 saturated carbocycles. The minimum atomic E-state index is -0.907. The average molecular weight is 529 g/mol. The maximum Gasteiger partial charge on any atom is 0.168 e. The molecule has 2 fully saturated rings. The van der Waals surface area contributed by atoms with E-state index in [-0.39, 0.29) is 24.2 Å². The fraction of sp³-hybridized carbons (Fsp3) is 0.391. The van der Waals surface area contributed by atoms with Crippen LogP contribution in [0.25, 0.3) is 10.9 Å². The number of aromatic nitrogens is 2. The molecule has 2 saturated heterocycles. The van der Waals surface area contributed by atoms with Gasteiger partial charge in [-0.05, 0) is 18.2 Å². The van der Waals surface area contributed by atoms with Crippen molar-refractivity contribution in [3.05, 3.63) is 47.2 Å². The molecule has 2 aromatic carbocycles. The Kier molecular flexibility index (Phi) is 8.08. The Labute approximate surface area is 211 Å². The number of morpholine rings is 2. The van der Waals surface area contributed by atoms with E-state index < -0.39 is 16.7 Å². The van der Waals surface area contributed by atoms with E-state index in [1.165, 1.54) is 19.5 Å². The Morgan fingerprint density at radius 3 is 2.89 bits per heavy atom. The topological polar surface area (TPSA) is 78.0 Å². The average Bonchev–Trinajstić information content (AvgIpc) is 2.87. The number of hydrogen-bond acceptors (Lipinski definition) is 8. The highest BCUT2D eigenvalue weighted by Crippen LogP contribution is 2.36. The first-order valence-electron chi connectivity index (χ1n) is 10.8. The number of nitrogens with one attached hydrogen (secondary N) is 1. The summed E-state index contributed by atoms with van der Waals surface area (Å²) in [4.78, 5) is 10.9. The summed E-state index contributed by atoms with van der Waals surface area (Å²) < 4.78 is 50.9. The van der Waals surface area contributed by atoms with Gasteiger partial charge in [-0.2, -0.15) is 0 Å². The van der Waals surface area contributed by atoms with Gasteiger partial charge >= 0.3 is 0 Å². The number of nitrogens with zero attached hydrogens (tertiary/aromatic N) is 3. The molecular weight excluding hydrogens is 505 g/mol. The summed E-state index contributed by atoms with van der Waals surface area (Å²) in [5.74, 6) is -0.473. The first-order chi connectivity index (χ1) is 16.5. The molecule has 8 nitrogen and oxygen atoms in total. The molecule has 2 aliphatic rings. The lowest BCUT2D eigenvalue weighted by Crippen LogP contribution is -2.56. The molecular formula is C23H24Cl2F2N4O4. The normalized spacial score (nSPS) is 20.1. The first-order valence-corrected chi connectivity index (χ1v) is 11.2. The van der Waals surface area contributed by atoms with Crippen molar-refractivity contribution in [2.45, 2.75) is 12.1 Å². The number of hydrogen-bond donors (Lipinski definition) is 1. The molecule has 0 bridgehead atoms. The zero-order valence-electron chi connectivity index (χ0n) is 18.8. The van der Waals surface area contributed by atoms with Crippen molar-refractivity contribution < 1.29 is 27.7 Å². The summed E-state index contributed by atoms with van der Waals surface area (Å²) in [7, 11) is 1.53. The number of benzene rings is 2. The molecule has 3 aromatic rings. The fourth-order valence-electron chi connectivity index (χ4n) is 4.11. The van der Waals surface area contributed by atoms with Crippen LogP contribution in [0, 0.1) is 11.6 Å². The van der Waals surface area contributed by atoms with Crippen LogP contribution in [0.1, 0.15) is 0 Å². The first kappa shape index (κ1) is 25.6. The van der Waals surface area contributed by atoms with Gasteiger partial charge in [0.05, 0.1) is 44.2 Å². The summed E-state index contributed by atoms with van der Waals surface area (Å²) in [5, 5.41) is 2.83. The Balaban J connectivity index is 0.00000289. The van der Waals surface area contributed by atoms with Crippen LogP contribution in [-0.2, 0) is 9.47 Å². The van der Waals surface area contributed by atoms with Gasteiger partial charge in [-0.1, -0.05) is 11.6 Å². The molecule has 1 aromatic heterocycles. The predicted octanol–water partition coefficient (Wildman–Crippen LogP) is 4.21. The molecule has 0 radical (unpaired) electrons. The molecule has 12 heteroatoms. The van der Waals surface area contributed by atoms with Gasteiger partial charge in [0.15, 0.2) is 17.3 Å². The van der Waals surface area contributed by atoms with Crippen molar-refractivity contribution >= 4 is 46.4 Å². The van der Waals surface area contributed by atoms with Gasteiger partial charge in [0, 0.05) is 24.5 Å². The van der Waals surface area contributed by atoms with Gasteiger partial charge in [0.25, 0.3) is 0 Å². The summed E-state index contributed by atoms with van der Waals surface area (Å²) in [6.45, 7) is 4.03. The number of anilines is 2. The van der Waals surface area contributed by atoms with Gasteiger partial charge < -0.3 is 24.3 Å². The molecule has 3 heterocycles. The van der Waals surface area contributed by atoms with Crippen molar-refractivity contribution in [2.24, 2.45) is 0 Å². The molecule has 0 spiro atoms. The lowest BCUT2D eigenvalue weighted by Gasteiger charge is -2.41. The second-order valence-corrected chi connectivity index (χ2v) is 8.46. The Bertz CT molecular complexity index is 1210.